The van der Waals surface area contributed by atoms with Gasteiger partial charge in [-0.3, -0.25) is 4.57 Å². The van der Waals surface area contributed by atoms with Gasteiger partial charge in [0, 0.05) is 6.54 Å². The van der Waals surface area contributed by atoms with Crippen LogP contribution in [0.25, 0.3) is 11.5 Å². The minimum atomic E-state index is -3.74. The minimum Gasteiger partial charge on any atom is -0.420 e. The third kappa shape index (κ3) is 4.50. The predicted molar refractivity (Wildman–Crippen MR) is 106 cm³/mol. The van der Waals surface area contributed by atoms with Crippen molar-refractivity contribution in [2.24, 2.45) is 0 Å². The van der Waals surface area contributed by atoms with Gasteiger partial charge in [-0.1, -0.05) is 42.5 Å². The number of nitrogens with one attached hydrogen (secondary N) is 1. The zero-order chi connectivity index (χ0) is 20.0. The molecule has 1 heterocycles. The molecule has 0 saturated carbocycles. The second kappa shape index (κ2) is 9.15. The predicted octanol–water partition coefficient (Wildman–Crippen LogP) is 4.98. The van der Waals surface area contributed by atoms with E-state index in [1.54, 1.807) is 26.0 Å². The first kappa shape index (κ1) is 20.3. The normalized spacial score (nSPS) is 11.5. The average molecular weight is 404 g/mol. The van der Waals surface area contributed by atoms with Crippen molar-refractivity contribution in [2.75, 3.05) is 18.5 Å². The molecular weight excluding hydrogens is 382 g/mol. The van der Waals surface area contributed by atoms with Gasteiger partial charge < -0.3 is 18.8 Å². The molecule has 0 atom stereocenters. The third-order valence-corrected chi connectivity index (χ3v) is 5.89. The fourth-order valence-electron chi connectivity index (χ4n) is 2.64. The average Bonchev–Trinajstić information content (AvgIpc) is 3.13. The number of oxazole rings is 1. The number of aromatic nitrogens is 1. The molecule has 6 nitrogen and oxygen atoms in total. The molecule has 0 fully saturated rings. The Morgan fingerprint density at radius 2 is 1.68 bits per heavy atom. The van der Waals surface area contributed by atoms with Crippen LogP contribution in [0.5, 0.6) is 0 Å². The summed E-state index contributed by atoms with van der Waals surface area (Å²) in [5, 5.41) is 3.08. The fraction of sp³-hybridized carbons (Fsp3) is 0.250. The van der Waals surface area contributed by atoms with Gasteiger partial charge >= 0.3 is 7.60 Å². The summed E-state index contributed by atoms with van der Waals surface area (Å²) in [6.07, 6.45) is 0. The summed E-state index contributed by atoms with van der Waals surface area (Å²) in [4.78, 5) is 4.28. The summed E-state index contributed by atoms with van der Waals surface area (Å²) in [6, 6.07) is 15.7. The maximum atomic E-state index is 14.2. The van der Waals surface area contributed by atoms with Gasteiger partial charge in [0.05, 0.1) is 18.8 Å². The Bertz CT molecular complexity index is 952. The molecule has 0 saturated heterocycles. The summed E-state index contributed by atoms with van der Waals surface area (Å²) in [5.74, 6) is -0.358. The van der Waals surface area contributed by atoms with Crippen molar-refractivity contribution in [1.82, 2.24) is 4.98 Å². The quantitative estimate of drug-likeness (QED) is 0.507. The van der Waals surface area contributed by atoms with Crippen molar-refractivity contribution in [1.29, 1.82) is 0 Å². The van der Waals surface area contributed by atoms with E-state index in [0.29, 0.717) is 6.54 Å². The molecule has 1 N–H and O–H groups in total. The zero-order valence-electron chi connectivity index (χ0n) is 15.7. The van der Waals surface area contributed by atoms with Crippen molar-refractivity contribution in [3.8, 4) is 11.5 Å². The molecule has 1 aromatic heterocycles. The molecule has 3 rings (SSSR count). The summed E-state index contributed by atoms with van der Waals surface area (Å²) >= 11 is 0. The Labute approximate surface area is 163 Å². The highest BCUT2D eigenvalue weighted by atomic mass is 31.2. The highest BCUT2D eigenvalue weighted by molar-refractivity contribution is 7.62. The van der Waals surface area contributed by atoms with E-state index in [1.165, 1.54) is 12.1 Å². The van der Waals surface area contributed by atoms with Gasteiger partial charge in [0.2, 0.25) is 17.2 Å². The topological polar surface area (TPSA) is 73.6 Å². The van der Waals surface area contributed by atoms with Crippen molar-refractivity contribution < 1.29 is 22.4 Å². The van der Waals surface area contributed by atoms with Crippen LogP contribution in [0.2, 0.25) is 0 Å². The molecule has 2 aromatic carbocycles. The van der Waals surface area contributed by atoms with Crippen molar-refractivity contribution in [3.63, 3.8) is 0 Å². The van der Waals surface area contributed by atoms with Crippen LogP contribution in [0.15, 0.2) is 59.0 Å². The number of hydrogen-bond donors (Lipinski definition) is 1. The molecule has 0 aliphatic heterocycles. The van der Waals surface area contributed by atoms with E-state index >= 15 is 0 Å². The molecule has 0 unspecified atom stereocenters. The smallest absolute Gasteiger partial charge is 0.385 e. The van der Waals surface area contributed by atoms with Crippen LogP contribution in [0.4, 0.5) is 10.3 Å². The molecular formula is C20H22FN2O4P. The van der Waals surface area contributed by atoms with E-state index in [0.717, 1.165) is 5.56 Å². The Morgan fingerprint density at radius 1 is 1.04 bits per heavy atom. The SMILES string of the molecule is CCOP(=O)(OCC)c1nc(-c2ccccc2F)oc1NCc1ccccc1. The molecule has 0 spiro atoms. The maximum absolute atomic E-state index is 14.2. The van der Waals surface area contributed by atoms with Crippen LogP contribution in [0.3, 0.4) is 0 Å². The number of hydrogen-bond acceptors (Lipinski definition) is 6. The molecule has 8 heteroatoms. The Kier molecular flexibility index (Phi) is 6.62. The lowest BCUT2D eigenvalue weighted by Gasteiger charge is -2.15. The van der Waals surface area contributed by atoms with Gasteiger partial charge in [0.25, 0.3) is 0 Å². The standard InChI is InChI=1S/C20H22FN2O4P/c1-3-25-28(24,26-4-2)20-19(22-14-15-10-6-5-7-11-15)27-18(23-20)16-12-8-9-13-17(16)21/h5-13,22H,3-4,14H2,1-2H3. The molecule has 28 heavy (non-hydrogen) atoms. The summed E-state index contributed by atoms with van der Waals surface area (Å²) in [7, 11) is -3.74. The largest absolute Gasteiger partial charge is 0.420 e. The number of halogens is 1. The van der Waals surface area contributed by atoms with Crippen molar-refractivity contribution in [3.05, 3.63) is 66.0 Å². The second-order valence-corrected chi connectivity index (χ2v) is 7.76. The van der Waals surface area contributed by atoms with Gasteiger partial charge in [-0.15, -0.1) is 0 Å². The lowest BCUT2D eigenvalue weighted by Crippen LogP contribution is -2.16. The molecule has 0 bridgehead atoms. The van der Waals surface area contributed by atoms with E-state index < -0.39 is 13.4 Å². The zero-order valence-corrected chi connectivity index (χ0v) is 16.6. The molecule has 3 aromatic rings. The minimum absolute atomic E-state index is 0.00305. The highest BCUT2D eigenvalue weighted by Gasteiger charge is 2.36. The van der Waals surface area contributed by atoms with Gasteiger partial charge in [0.15, 0.2) is 0 Å². The Hall–Kier alpha value is -2.47. The lowest BCUT2D eigenvalue weighted by molar-refractivity contribution is 0.229. The lowest BCUT2D eigenvalue weighted by atomic mass is 10.2. The Balaban J connectivity index is 2.02. The van der Waals surface area contributed by atoms with Gasteiger partial charge in [0.1, 0.15) is 5.82 Å². The molecule has 0 aliphatic rings. The summed E-state index contributed by atoms with van der Waals surface area (Å²) < 4.78 is 44.0. The molecule has 148 valence electrons. The second-order valence-electron chi connectivity index (χ2n) is 5.82. The molecule has 0 radical (unpaired) electrons. The summed E-state index contributed by atoms with van der Waals surface area (Å²) in [6.45, 7) is 4.15. The van der Waals surface area contributed by atoms with Gasteiger partial charge in [-0.25, -0.2) is 4.39 Å². The van der Waals surface area contributed by atoms with Crippen LogP contribution in [-0.4, -0.2) is 18.2 Å². The first-order valence-electron chi connectivity index (χ1n) is 9.00. The summed E-state index contributed by atoms with van der Waals surface area (Å²) in [5.41, 5.74) is 1.15. The van der Waals surface area contributed by atoms with E-state index in [4.69, 9.17) is 13.5 Å². The monoisotopic (exact) mass is 404 g/mol. The first-order chi connectivity index (χ1) is 13.6. The van der Waals surface area contributed by atoms with E-state index in [2.05, 4.69) is 10.3 Å². The van der Waals surface area contributed by atoms with E-state index in [9.17, 15) is 8.96 Å². The van der Waals surface area contributed by atoms with Gasteiger partial charge in [-0.05, 0) is 31.5 Å². The van der Waals surface area contributed by atoms with Crippen LogP contribution >= 0.6 is 7.60 Å². The van der Waals surface area contributed by atoms with Crippen LogP contribution < -0.4 is 10.8 Å². The number of anilines is 1. The third-order valence-electron chi connectivity index (χ3n) is 3.87. The number of rotatable bonds is 9. The van der Waals surface area contributed by atoms with Crippen LogP contribution in [-0.2, 0) is 20.2 Å². The Morgan fingerprint density at radius 3 is 2.32 bits per heavy atom. The highest BCUT2D eigenvalue weighted by Crippen LogP contribution is 2.49. The number of nitrogens with zero attached hydrogens (tertiary/aromatic N) is 1. The van der Waals surface area contributed by atoms with Gasteiger partial charge in [-0.2, -0.15) is 4.98 Å². The van der Waals surface area contributed by atoms with Crippen LogP contribution in [0, 0.1) is 5.82 Å². The van der Waals surface area contributed by atoms with E-state index in [1.807, 2.05) is 30.3 Å². The van der Waals surface area contributed by atoms with Crippen molar-refractivity contribution >= 4 is 18.9 Å². The van der Waals surface area contributed by atoms with Crippen LogP contribution in [0.1, 0.15) is 19.4 Å². The van der Waals surface area contributed by atoms with E-state index in [-0.39, 0.29) is 36.0 Å². The van der Waals surface area contributed by atoms with Crippen molar-refractivity contribution in [2.45, 2.75) is 20.4 Å². The first-order valence-corrected chi connectivity index (χ1v) is 10.5. The fourth-order valence-corrected chi connectivity index (χ4v) is 4.23. The molecule has 0 amide bonds. The number of benzene rings is 2. The molecule has 0 aliphatic carbocycles. The maximum Gasteiger partial charge on any atom is 0.385 e.